The molecule has 0 radical (unpaired) electrons. The van der Waals surface area contributed by atoms with Gasteiger partial charge in [-0.15, -0.1) is 0 Å². The topological polar surface area (TPSA) is 96.4 Å². The van der Waals surface area contributed by atoms with Crippen LogP contribution in [0.25, 0.3) is 22.1 Å². The first-order valence-electron chi connectivity index (χ1n) is 9.21. The first kappa shape index (κ1) is 19.7. The second-order valence-corrected chi connectivity index (χ2v) is 6.63. The van der Waals surface area contributed by atoms with Crippen LogP contribution in [0.1, 0.15) is 5.56 Å². The van der Waals surface area contributed by atoms with Crippen LogP contribution in [-0.4, -0.2) is 12.3 Å². The summed E-state index contributed by atoms with van der Waals surface area (Å²) in [4.78, 5) is 13.0. The average molecular weight is 405 g/mol. The molecule has 1 unspecified atom stereocenters. The van der Waals surface area contributed by atoms with Gasteiger partial charge in [0, 0.05) is 23.8 Å². The number of nitrogens with one attached hydrogen (secondary N) is 1. The Kier molecular flexibility index (Phi) is 5.49. The third-order valence-electron chi connectivity index (χ3n) is 4.75. The Labute approximate surface area is 171 Å². The second kappa shape index (κ2) is 8.38. The number of para-hydroxylation sites is 1. The minimum absolute atomic E-state index is 0.156. The molecule has 0 aliphatic heterocycles. The van der Waals surface area contributed by atoms with Gasteiger partial charge in [-0.2, -0.15) is 5.23 Å². The molecule has 2 N–H and O–H groups in total. The van der Waals surface area contributed by atoms with E-state index < -0.39 is 5.23 Å². The SMILES string of the molecule is COc1ccccc1-c1coc2cc(OCc3ccc([NH+]([O-])O)cc3)ccc2c1=O. The van der Waals surface area contributed by atoms with E-state index in [1.165, 1.54) is 18.4 Å². The summed E-state index contributed by atoms with van der Waals surface area (Å²) in [6.07, 6.45) is 1.43. The van der Waals surface area contributed by atoms with E-state index in [4.69, 9.17) is 19.1 Å². The van der Waals surface area contributed by atoms with Crippen molar-refractivity contribution in [2.24, 2.45) is 0 Å². The van der Waals surface area contributed by atoms with Crippen molar-refractivity contribution in [3.05, 3.63) is 94.0 Å². The Morgan fingerprint density at radius 3 is 2.53 bits per heavy atom. The number of hydrogen-bond donors (Lipinski definition) is 2. The third kappa shape index (κ3) is 3.90. The molecule has 1 atom stereocenters. The highest BCUT2D eigenvalue weighted by molar-refractivity contribution is 5.83. The molecule has 3 aromatic carbocycles. The molecule has 0 fully saturated rings. The maximum atomic E-state index is 13.0. The van der Waals surface area contributed by atoms with Crippen molar-refractivity contribution < 1.29 is 24.3 Å². The summed E-state index contributed by atoms with van der Waals surface area (Å²) < 4.78 is 16.8. The fourth-order valence-electron chi connectivity index (χ4n) is 3.16. The van der Waals surface area contributed by atoms with E-state index in [2.05, 4.69) is 0 Å². The zero-order valence-electron chi connectivity index (χ0n) is 16.1. The van der Waals surface area contributed by atoms with E-state index in [1.807, 2.05) is 18.2 Å². The van der Waals surface area contributed by atoms with Gasteiger partial charge in [0.25, 0.3) is 0 Å². The number of rotatable bonds is 6. The lowest BCUT2D eigenvalue weighted by atomic mass is 10.0. The lowest BCUT2D eigenvalue weighted by Gasteiger charge is -2.12. The number of fused-ring (bicyclic) bond motifs is 1. The van der Waals surface area contributed by atoms with Gasteiger partial charge in [0.2, 0.25) is 5.43 Å². The molecule has 0 saturated heterocycles. The summed E-state index contributed by atoms with van der Waals surface area (Å²) in [6, 6.07) is 18.8. The fourth-order valence-corrected chi connectivity index (χ4v) is 3.16. The van der Waals surface area contributed by atoms with Crippen LogP contribution in [0.3, 0.4) is 0 Å². The number of hydrogen-bond acceptors (Lipinski definition) is 6. The molecule has 0 aliphatic rings. The van der Waals surface area contributed by atoms with Crippen molar-refractivity contribution in [2.75, 3.05) is 7.11 Å². The number of quaternary nitrogens is 1. The molecule has 152 valence electrons. The van der Waals surface area contributed by atoms with Gasteiger partial charge in [-0.1, -0.05) is 18.2 Å². The summed E-state index contributed by atoms with van der Waals surface area (Å²) in [7, 11) is 1.56. The molecule has 4 aromatic rings. The summed E-state index contributed by atoms with van der Waals surface area (Å²) in [5, 5.41) is 19.3. The molecule has 0 bridgehead atoms. The molecule has 1 heterocycles. The second-order valence-electron chi connectivity index (χ2n) is 6.63. The van der Waals surface area contributed by atoms with Gasteiger partial charge < -0.3 is 19.1 Å². The molecule has 4 rings (SSSR count). The molecule has 0 aliphatic carbocycles. The zero-order valence-corrected chi connectivity index (χ0v) is 16.1. The van der Waals surface area contributed by atoms with E-state index in [-0.39, 0.29) is 17.7 Å². The first-order valence-corrected chi connectivity index (χ1v) is 9.21. The van der Waals surface area contributed by atoms with Crippen molar-refractivity contribution in [1.29, 1.82) is 0 Å². The Morgan fingerprint density at radius 2 is 1.80 bits per heavy atom. The van der Waals surface area contributed by atoms with Gasteiger partial charge in [0.05, 0.1) is 18.1 Å². The summed E-state index contributed by atoms with van der Waals surface area (Å²) in [6.45, 7) is 0.259. The molecular formula is C23H19NO6. The van der Waals surface area contributed by atoms with Crippen LogP contribution in [0.15, 0.2) is 82.2 Å². The Morgan fingerprint density at radius 1 is 1.03 bits per heavy atom. The maximum absolute atomic E-state index is 13.0. The van der Waals surface area contributed by atoms with Crippen molar-refractivity contribution in [3.63, 3.8) is 0 Å². The van der Waals surface area contributed by atoms with Crippen LogP contribution in [0.5, 0.6) is 11.5 Å². The number of methoxy groups -OCH3 is 1. The molecule has 7 nitrogen and oxygen atoms in total. The summed E-state index contributed by atoms with van der Waals surface area (Å²) in [5.74, 6) is 1.14. The van der Waals surface area contributed by atoms with Gasteiger partial charge in [-0.25, -0.2) is 5.21 Å². The largest absolute Gasteiger partial charge is 0.595 e. The van der Waals surface area contributed by atoms with Crippen LogP contribution < -0.4 is 20.1 Å². The predicted octanol–water partition coefficient (Wildman–Crippen LogP) is 3.45. The lowest BCUT2D eigenvalue weighted by molar-refractivity contribution is -0.991. The molecule has 1 aromatic heterocycles. The molecule has 30 heavy (non-hydrogen) atoms. The highest BCUT2D eigenvalue weighted by Gasteiger charge is 2.13. The van der Waals surface area contributed by atoms with E-state index in [9.17, 15) is 10.0 Å². The quantitative estimate of drug-likeness (QED) is 0.477. The van der Waals surface area contributed by atoms with Crippen LogP contribution in [0.4, 0.5) is 5.69 Å². The van der Waals surface area contributed by atoms with E-state index >= 15 is 0 Å². The normalized spacial score (nSPS) is 12.0. The third-order valence-corrected chi connectivity index (χ3v) is 4.75. The highest BCUT2D eigenvalue weighted by atomic mass is 16.8. The van der Waals surface area contributed by atoms with Crippen LogP contribution in [0.2, 0.25) is 0 Å². The van der Waals surface area contributed by atoms with Crippen molar-refractivity contribution in [1.82, 2.24) is 0 Å². The van der Waals surface area contributed by atoms with Gasteiger partial charge in [-0.3, -0.25) is 4.79 Å². The molecule has 7 heteroatoms. The van der Waals surface area contributed by atoms with Crippen molar-refractivity contribution >= 4 is 16.7 Å². The standard InChI is InChI=1S/C23H19NO6/c1-28-21-5-3-2-4-18(21)20-14-30-22-12-17(10-11-19(22)23(20)25)29-13-15-6-8-16(9-7-15)24(26)27/h2-12,14,24,26H,13H2,1H3. The summed E-state index contributed by atoms with van der Waals surface area (Å²) >= 11 is 0. The maximum Gasteiger partial charge on any atom is 0.200 e. The molecule has 0 amide bonds. The molecule has 0 saturated carbocycles. The fraction of sp³-hybridized carbons (Fsp3) is 0.0870. The minimum Gasteiger partial charge on any atom is -0.595 e. The highest BCUT2D eigenvalue weighted by Crippen LogP contribution is 2.29. The number of benzene rings is 3. The first-order chi connectivity index (χ1) is 14.6. The van der Waals surface area contributed by atoms with Gasteiger partial charge >= 0.3 is 0 Å². The Hall–Kier alpha value is -3.65. The number of ether oxygens (including phenoxy) is 2. The van der Waals surface area contributed by atoms with Crippen LogP contribution in [0, 0.1) is 5.21 Å². The Balaban J connectivity index is 1.58. The smallest absolute Gasteiger partial charge is 0.200 e. The van der Waals surface area contributed by atoms with E-state index in [1.54, 1.807) is 43.5 Å². The molecule has 0 spiro atoms. The lowest BCUT2D eigenvalue weighted by Crippen LogP contribution is -2.99. The molecular weight excluding hydrogens is 386 g/mol. The van der Waals surface area contributed by atoms with E-state index in [0.717, 1.165) is 5.56 Å². The monoisotopic (exact) mass is 405 g/mol. The van der Waals surface area contributed by atoms with Crippen LogP contribution in [-0.2, 0) is 6.61 Å². The van der Waals surface area contributed by atoms with Crippen molar-refractivity contribution in [3.8, 4) is 22.6 Å². The van der Waals surface area contributed by atoms with Crippen LogP contribution >= 0.6 is 0 Å². The zero-order chi connectivity index (χ0) is 21.1. The Bertz CT molecular complexity index is 1230. The van der Waals surface area contributed by atoms with Crippen molar-refractivity contribution in [2.45, 2.75) is 6.61 Å². The predicted molar refractivity (Wildman–Crippen MR) is 111 cm³/mol. The van der Waals surface area contributed by atoms with Gasteiger partial charge in [-0.05, 0) is 35.9 Å². The van der Waals surface area contributed by atoms with E-state index in [0.29, 0.717) is 33.6 Å². The minimum atomic E-state index is -0.973. The summed E-state index contributed by atoms with van der Waals surface area (Å²) in [5.41, 5.74) is 2.40. The van der Waals surface area contributed by atoms with Gasteiger partial charge in [0.1, 0.15) is 30.0 Å². The average Bonchev–Trinajstić information content (AvgIpc) is 2.78. The van der Waals surface area contributed by atoms with Gasteiger partial charge in [0.15, 0.2) is 5.69 Å².